The topological polar surface area (TPSA) is 77.5 Å². The third-order valence-electron chi connectivity index (χ3n) is 3.70. The molecule has 0 saturated carbocycles. The van der Waals surface area contributed by atoms with Gasteiger partial charge in [0.1, 0.15) is 5.01 Å². The largest absolute Gasteiger partial charge is 0.493 e. The van der Waals surface area contributed by atoms with Gasteiger partial charge in [-0.1, -0.05) is 12.1 Å². The maximum atomic E-state index is 12.0. The van der Waals surface area contributed by atoms with Gasteiger partial charge in [0, 0.05) is 5.56 Å². The first-order valence-corrected chi connectivity index (χ1v) is 8.81. The number of carbonyl (C=O) groups is 2. The van der Waals surface area contributed by atoms with E-state index in [1.807, 2.05) is 24.3 Å². The fourth-order valence-electron chi connectivity index (χ4n) is 2.37. The molecule has 7 heteroatoms. The number of rotatable bonds is 7. The van der Waals surface area contributed by atoms with Crippen molar-refractivity contribution >= 4 is 33.2 Å². The second-order valence-corrected chi connectivity index (χ2v) is 6.68. The smallest absolute Gasteiger partial charge is 0.258 e. The van der Waals surface area contributed by atoms with Gasteiger partial charge in [0.15, 0.2) is 23.9 Å². The molecule has 0 unspecified atom stereocenters. The molecule has 0 aliphatic rings. The summed E-state index contributed by atoms with van der Waals surface area (Å²) in [7, 11) is 1.49. The number of amides is 1. The summed E-state index contributed by atoms with van der Waals surface area (Å²) < 4.78 is 11.8. The fraction of sp³-hybridized carbons (Fsp3) is 0.211. The number of hydrogen-bond acceptors (Lipinski definition) is 6. The summed E-state index contributed by atoms with van der Waals surface area (Å²) >= 11 is 1.55. The van der Waals surface area contributed by atoms with E-state index in [1.54, 1.807) is 29.5 Å². The highest BCUT2D eigenvalue weighted by Gasteiger charge is 2.11. The van der Waals surface area contributed by atoms with Gasteiger partial charge in [0.2, 0.25) is 0 Å². The van der Waals surface area contributed by atoms with Crippen LogP contribution >= 0.6 is 11.3 Å². The molecule has 0 aliphatic heterocycles. The standard InChI is InChI=1S/C19H18N2O4S/c1-12(22)13-7-8-15(16(9-13)24-2)25-11-18(23)20-10-19-21-14-5-3-4-6-17(14)26-19/h3-9H,10-11H2,1-2H3,(H,20,23). The quantitative estimate of drug-likeness (QED) is 0.646. The number of carbonyl (C=O) groups excluding carboxylic acids is 2. The van der Waals surface area contributed by atoms with Gasteiger partial charge in [-0.25, -0.2) is 4.98 Å². The number of nitrogens with zero attached hydrogens (tertiary/aromatic N) is 1. The molecule has 0 radical (unpaired) electrons. The van der Waals surface area contributed by atoms with Crippen molar-refractivity contribution in [3.8, 4) is 11.5 Å². The Balaban J connectivity index is 1.56. The lowest BCUT2D eigenvalue weighted by atomic mass is 10.1. The van der Waals surface area contributed by atoms with Crippen LogP contribution in [0.25, 0.3) is 10.2 Å². The highest BCUT2D eigenvalue weighted by atomic mass is 32.1. The average molecular weight is 370 g/mol. The second-order valence-electron chi connectivity index (χ2n) is 5.56. The molecule has 26 heavy (non-hydrogen) atoms. The number of thiazole rings is 1. The number of methoxy groups -OCH3 is 1. The third-order valence-corrected chi connectivity index (χ3v) is 4.74. The SMILES string of the molecule is COc1cc(C(C)=O)ccc1OCC(=O)NCc1nc2ccccc2s1. The van der Waals surface area contributed by atoms with Crippen molar-refractivity contribution < 1.29 is 19.1 Å². The van der Waals surface area contributed by atoms with Crippen molar-refractivity contribution in [3.63, 3.8) is 0 Å². The van der Waals surface area contributed by atoms with Crippen molar-refractivity contribution in [2.24, 2.45) is 0 Å². The summed E-state index contributed by atoms with van der Waals surface area (Å²) in [4.78, 5) is 27.9. The zero-order valence-corrected chi connectivity index (χ0v) is 15.3. The number of ether oxygens (including phenoxy) is 2. The van der Waals surface area contributed by atoms with Crippen LogP contribution in [0.4, 0.5) is 0 Å². The van der Waals surface area contributed by atoms with Crippen LogP contribution in [0.5, 0.6) is 11.5 Å². The van der Waals surface area contributed by atoms with Gasteiger partial charge in [0.25, 0.3) is 5.91 Å². The zero-order valence-electron chi connectivity index (χ0n) is 14.4. The van der Waals surface area contributed by atoms with E-state index in [-0.39, 0.29) is 18.3 Å². The van der Waals surface area contributed by atoms with Gasteiger partial charge in [-0.15, -0.1) is 11.3 Å². The molecule has 1 amide bonds. The van der Waals surface area contributed by atoms with Crippen LogP contribution in [0.1, 0.15) is 22.3 Å². The van der Waals surface area contributed by atoms with Crippen LogP contribution in [0.3, 0.4) is 0 Å². The number of aromatic nitrogens is 1. The van der Waals surface area contributed by atoms with Crippen LogP contribution in [-0.4, -0.2) is 30.4 Å². The lowest BCUT2D eigenvalue weighted by Gasteiger charge is -2.11. The van der Waals surface area contributed by atoms with Crippen LogP contribution in [-0.2, 0) is 11.3 Å². The van der Waals surface area contributed by atoms with Gasteiger partial charge in [-0.3, -0.25) is 9.59 Å². The number of benzene rings is 2. The Labute approximate surface area is 154 Å². The maximum Gasteiger partial charge on any atom is 0.258 e. The Morgan fingerprint density at radius 3 is 2.69 bits per heavy atom. The minimum absolute atomic E-state index is 0.0663. The minimum atomic E-state index is -0.262. The molecule has 2 aromatic carbocycles. The average Bonchev–Trinajstić information content (AvgIpc) is 3.07. The molecule has 0 fully saturated rings. The van der Waals surface area contributed by atoms with Gasteiger partial charge in [0.05, 0.1) is 23.9 Å². The molecule has 3 rings (SSSR count). The lowest BCUT2D eigenvalue weighted by molar-refractivity contribution is -0.123. The number of Topliss-reactive ketones (excluding diaryl/α,β-unsaturated/α-hetero) is 1. The Hall–Kier alpha value is -2.93. The highest BCUT2D eigenvalue weighted by molar-refractivity contribution is 7.18. The molecule has 134 valence electrons. The number of nitrogens with one attached hydrogen (secondary N) is 1. The van der Waals surface area contributed by atoms with Crippen molar-refractivity contribution in [2.75, 3.05) is 13.7 Å². The van der Waals surface area contributed by atoms with Crippen LogP contribution in [0, 0.1) is 0 Å². The van der Waals surface area contributed by atoms with Crippen LogP contribution in [0.2, 0.25) is 0 Å². The van der Waals surface area contributed by atoms with E-state index in [2.05, 4.69) is 10.3 Å². The van der Waals surface area contributed by atoms with E-state index in [4.69, 9.17) is 9.47 Å². The summed E-state index contributed by atoms with van der Waals surface area (Å²) in [5.74, 6) is 0.495. The number of para-hydroxylation sites is 1. The Bertz CT molecular complexity index is 919. The summed E-state index contributed by atoms with van der Waals surface area (Å²) in [6, 6.07) is 12.7. The maximum absolute atomic E-state index is 12.0. The van der Waals surface area contributed by atoms with E-state index in [0.29, 0.717) is 23.6 Å². The fourth-order valence-corrected chi connectivity index (χ4v) is 3.28. The highest BCUT2D eigenvalue weighted by Crippen LogP contribution is 2.28. The molecular weight excluding hydrogens is 352 g/mol. The molecule has 0 aliphatic carbocycles. The summed E-state index contributed by atoms with van der Waals surface area (Å²) in [6.07, 6.45) is 0. The van der Waals surface area contributed by atoms with Gasteiger partial charge >= 0.3 is 0 Å². The Morgan fingerprint density at radius 1 is 1.15 bits per heavy atom. The van der Waals surface area contributed by atoms with E-state index in [1.165, 1.54) is 14.0 Å². The van der Waals surface area contributed by atoms with Crippen molar-refractivity contribution in [3.05, 3.63) is 53.0 Å². The molecule has 0 saturated heterocycles. The monoisotopic (exact) mass is 370 g/mol. The predicted octanol–water partition coefficient (Wildman–Crippen LogP) is 3.20. The van der Waals surface area contributed by atoms with Gasteiger partial charge < -0.3 is 14.8 Å². The zero-order chi connectivity index (χ0) is 18.5. The molecular formula is C19H18N2O4S. The summed E-state index contributed by atoms with van der Waals surface area (Å²) in [6.45, 7) is 1.67. The van der Waals surface area contributed by atoms with Crippen molar-refractivity contribution in [1.82, 2.24) is 10.3 Å². The second kappa shape index (κ2) is 7.97. The molecule has 0 atom stereocenters. The molecule has 3 aromatic rings. The van der Waals surface area contributed by atoms with E-state index < -0.39 is 0 Å². The minimum Gasteiger partial charge on any atom is -0.493 e. The summed E-state index contributed by atoms with van der Waals surface area (Å²) in [5.41, 5.74) is 1.45. The molecule has 1 aromatic heterocycles. The molecule has 6 nitrogen and oxygen atoms in total. The number of hydrogen-bond donors (Lipinski definition) is 1. The van der Waals surface area contributed by atoms with Gasteiger partial charge in [-0.2, -0.15) is 0 Å². The summed E-state index contributed by atoms with van der Waals surface area (Å²) in [5, 5.41) is 3.62. The molecule has 1 heterocycles. The lowest BCUT2D eigenvalue weighted by Crippen LogP contribution is -2.28. The van der Waals surface area contributed by atoms with Crippen LogP contribution < -0.4 is 14.8 Å². The first-order chi connectivity index (χ1) is 12.6. The molecule has 0 bridgehead atoms. The van der Waals surface area contributed by atoms with Gasteiger partial charge in [-0.05, 0) is 37.3 Å². The van der Waals surface area contributed by atoms with Crippen LogP contribution in [0.15, 0.2) is 42.5 Å². The predicted molar refractivity (Wildman–Crippen MR) is 100.0 cm³/mol. The van der Waals surface area contributed by atoms with E-state index >= 15 is 0 Å². The molecule has 1 N–H and O–H groups in total. The first kappa shape index (κ1) is 17.9. The Kier molecular flexibility index (Phi) is 5.48. The number of ketones is 1. The van der Waals surface area contributed by atoms with Crippen molar-refractivity contribution in [2.45, 2.75) is 13.5 Å². The normalized spacial score (nSPS) is 10.5. The molecule has 0 spiro atoms. The van der Waals surface area contributed by atoms with E-state index in [9.17, 15) is 9.59 Å². The van der Waals surface area contributed by atoms with E-state index in [0.717, 1.165) is 15.2 Å². The Morgan fingerprint density at radius 2 is 1.96 bits per heavy atom. The first-order valence-electron chi connectivity index (χ1n) is 7.99. The number of fused-ring (bicyclic) bond motifs is 1. The third kappa shape index (κ3) is 4.18. The van der Waals surface area contributed by atoms with Crippen molar-refractivity contribution in [1.29, 1.82) is 0 Å².